The third-order valence-corrected chi connectivity index (χ3v) is 6.75. The predicted octanol–water partition coefficient (Wildman–Crippen LogP) is 4.30. The Kier molecular flexibility index (Phi) is 7.77. The number of amides is 2. The van der Waals surface area contributed by atoms with Crippen molar-refractivity contribution in [2.45, 2.75) is 39.8 Å². The van der Waals surface area contributed by atoms with Crippen LogP contribution >= 0.6 is 0 Å². The topological polar surface area (TPSA) is 116 Å². The lowest BCUT2D eigenvalue weighted by molar-refractivity contribution is -0.127. The van der Waals surface area contributed by atoms with E-state index < -0.39 is 11.9 Å². The number of ketones is 1. The van der Waals surface area contributed by atoms with E-state index in [-0.39, 0.29) is 36.3 Å². The van der Waals surface area contributed by atoms with E-state index in [4.69, 9.17) is 9.47 Å². The highest BCUT2D eigenvalue weighted by Crippen LogP contribution is 2.41. The Balaban J connectivity index is 1.64. The Hall–Kier alpha value is -4.73. The first-order valence-corrected chi connectivity index (χ1v) is 13.2. The van der Waals surface area contributed by atoms with Crippen LogP contribution < -0.4 is 19.7 Å². The highest BCUT2D eigenvalue weighted by Gasteiger charge is 2.36. The lowest BCUT2D eigenvalue weighted by Gasteiger charge is -2.33. The number of nitrogens with one attached hydrogen (secondary N) is 1. The number of carbonyl (C=O) groups excluding carboxylic acids is 3. The molecule has 10 nitrogen and oxygen atoms in total. The van der Waals surface area contributed by atoms with E-state index in [0.29, 0.717) is 40.6 Å². The van der Waals surface area contributed by atoms with Gasteiger partial charge in [0.25, 0.3) is 0 Å². The number of Topliss-reactive ketones (excluding diaryl/α,β-unsaturated/α-hetero) is 1. The summed E-state index contributed by atoms with van der Waals surface area (Å²) in [6, 6.07) is 18.4. The van der Waals surface area contributed by atoms with Crippen LogP contribution in [0.25, 0.3) is 11.0 Å². The molecule has 5 rings (SSSR count). The maximum atomic E-state index is 14.3. The van der Waals surface area contributed by atoms with E-state index in [9.17, 15) is 14.4 Å². The zero-order valence-corrected chi connectivity index (χ0v) is 22.7. The highest BCUT2D eigenvalue weighted by molar-refractivity contribution is 6.08. The molecule has 1 aliphatic rings. The molecule has 1 atom stereocenters. The van der Waals surface area contributed by atoms with Gasteiger partial charge in [0.2, 0.25) is 18.6 Å². The third kappa shape index (κ3) is 5.51. The van der Waals surface area contributed by atoms with Crippen LogP contribution in [0.2, 0.25) is 0 Å². The molecule has 3 aromatic carbocycles. The van der Waals surface area contributed by atoms with Crippen molar-refractivity contribution >= 4 is 34.3 Å². The summed E-state index contributed by atoms with van der Waals surface area (Å²) < 4.78 is 12.6. The predicted molar refractivity (Wildman–Crippen MR) is 149 cm³/mol. The van der Waals surface area contributed by atoms with Crippen LogP contribution in [0.1, 0.15) is 49.2 Å². The van der Waals surface area contributed by atoms with Gasteiger partial charge in [-0.3, -0.25) is 19.3 Å². The highest BCUT2D eigenvalue weighted by atomic mass is 16.7. The standard InChI is InChI=1S/C30H31N5O5/c1-19(2)13-14-31-30(38)29(21-9-5-4-6-10-21)35(25-16-27-26(39-18-40-27)15-22(25)20(3)36)28(37)17-34-24-12-8-7-11-23(24)32-33-34/h4-12,15-16,19,29H,13-14,17-18H2,1-3H3,(H,31,38). The minimum Gasteiger partial charge on any atom is -0.454 e. The maximum Gasteiger partial charge on any atom is 0.249 e. The number of hydrogen-bond donors (Lipinski definition) is 1. The lowest BCUT2D eigenvalue weighted by atomic mass is 9.99. The van der Waals surface area contributed by atoms with Gasteiger partial charge in [-0.25, -0.2) is 4.68 Å². The Labute approximate surface area is 231 Å². The molecule has 1 N–H and O–H groups in total. The number of rotatable bonds is 10. The number of nitrogens with zero attached hydrogens (tertiary/aromatic N) is 4. The van der Waals surface area contributed by atoms with E-state index >= 15 is 0 Å². The molecular formula is C30H31N5O5. The lowest BCUT2D eigenvalue weighted by Crippen LogP contribution is -2.46. The summed E-state index contributed by atoms with van der Waals surface area (Å²) in [6.07, 6.45) is 0.773. The van der Waals surface area contributed by atoms with Gasteiger partial charge in [0.05, 0.1) is 11.2 Å². The molecule has 2 amide bonds. The number of carbonyl (C=O) groups is 3. The van der Waals surface area contributed by atoms with Crippen molar-refractivity contribution in [2.75, 3.05) is 18.2 Å². The second-order valence-electron chi connectivity index (χ2n) is 10.1. The van der Waals surface area contributed by atoms with Crippen LogP contribution in [0, 0.1) is 5.92 Å². The van der Waals surface area contributed by atoms with Crippen LogP contribution in [0.3, 0.4) is 0 Å². The van der Waals surface area contributed by atoms with Crippen LogP contribution in [0.4, 0.5) is 5.69 Å². The van der Waals surface area contributed by atoms with E-state index in [1.165, 1.54) is 16.5 Å². The number of fused-ring (bicyclic) bond motifs is 2. The van der Waals surface area contributed by atoms with Crippen molar-refractivity contribution in [1.29, 1.82) is 0 Å². The molecule has 0 fully saturated rings. The van der Waals surface area contributed by atoms with Gasteiger partial charge < -0.3 is 14.8 Å². The van der Waals surface area contributed by atoms with E-state index in [2.05, 4.69) is 29.5 Å². The van der Waals surface area contributed by atoms with Gasteiger partial charge in [-0.05, 0) is 43.0 Å². The summed E-state index contributed by atoms with van der Waals surface area (Å²) in [7, 11) is 0. The second kappa shape index (κ2) is 11.6. The number of hydrogen-bond acceptors (Lipinski definition) is 7. The average Bonchev–Trinajstić information content (AvgIpc) is 3.57. The normalized spacial score (nSPS) is 12.9. The van der Waals surface area contributed by atoms with Crippen LogP contribution in [-0.2, 0) is 16.1 Å². The molecule has 4 aromatic rings. The maximum absolute atomic E-state index is 14.3. The minimum atomic E-state index is -1.07. The van der Waals surface area contributed by atoms with Gasteiger partial charge >= 0.3 is 0 Å². The Bertz CT molecular complexity index is 1550. The van der Waals surface area contributed by atoms with Crippen molar-refractivity contribution in [3.05, 3.63) is 77.9 Å². The Morgan fingerprint density at radius 1 is 1.00 bits per heavy atom. The number of para-hydroxylation sites is 1. The van der Waals surface area contributed by atoms with Crippen LogP contribution in [-0.4, -0.2) is 45.9 Å². The third-order valence-electron chi connectivity index (χ3n) is 6.75. The minimum absolute atomic E-state index is 0.00712. The quantitative estimate of drug-likeness (QED) is 0.298. The van der Waals surface area contributed by atoms with Gasteiger partial charge in [0, 0.05) is 18.2 Å². The Morgan fingerprint density at radius 3 is 2.42 bits per heavy atom. The molecule has 1 aromatic heterocycles. The van der Waals surface area contributed by atoms with Gasteiger partial charge in [0.15, 0.2) is 17.3 Å². The molecule has 10 heteroatoms. The first kappa shape index (κ1) is 26.9. The Morgan fingerprint density at radius 2 is 1.70 bits per heavy atom. The van der Waals surface area contributed by atoms with Gasteiger partial charge in [-0.1, -0.05) is 61.5 Å². The fourth-order valence-electron chi connectivity index (χ4n) is 4.70. The summed E-state index contributed by atoms with van der Waals surface area (Å²) in [5, 5.41) is 11.3. The molecule has 0 saturated carbocycles. The summed E-state index contributed by atoms with van der Waals surface area (Å²) in [4.78, 5) is 42.5. The van der Waals surface area contributed by atoms with Crippen molar-refractivity contribution in [2.24, 2.45) is 5.92 Å². The van der Waals surface area contributed by atoms with Crippen molar-refractivity contribution in [3.63, 3.8) is 0 Å². The van der Waals surface area contributed by atoms with E-state index in [1.54, 1.807) is 24.3 Å². The summed E-state index contributed by atoms with van der Waals surface area (Å²) in [5.74, 6) is 0.0642. The second-order valence-corrected chi connectivity index (χ2v) is 10.1. The number of benzene rings is 3. The largest absolute Gasteiger partial charge is 0.454 e. The fourth-order valence-corrected chi connectivity index (χ4v) is 4.70. The molecule has 0 radical (unpaired) electrons. The number of aromatic nitrogens is 3. The van der Waals surface area contributed by atoms with Gasteiger partial charge in [-0.15, -0.1) is 5.10 Å². The molecule has 1 unspecified atom stereocenters. The van der Waals surface area contributed by atoms with Crippen LogP contribution in [0.5, 0.6) is 11.5 Å². The molecule has 2 heterocycles. The number of ether oxygens (including phenoxy) is 2. The molecule has 40 heavy (non-hydrogen) atoms. The zero-order valence-electron chi connectivity index (χ0n) is 22.7. The molecule has 206 valence electrons. The molecule has 0 spiro atoms. The van der Waals surface area contributed by atoms with Crippen molar-refractivity contribution in [3.8, 4) is 11.5 Å². The summed E-state index contributed by atoms with van der Waals surface area (Å²) >= 11 is 0. The molecule has 0 bridgehead atoms. The van der Waals surface area contributed by atoms with Gasteiger partial charge in [-0.2, -0.15) is 0 Å². The van der Waals surface area contributed by atoms with Crippen molar-refractivity contribution in [1.82, 2.24) is 20.3 Å². The molecule has 0 saturated heterocycles. The summed E-state index contributed by atoms with van der Waals surface area (Å²) in [5.41, 5.74) is 2.39. The molecule has 1 aliphatic heterocycles. The van der Waals surface area contributed by atoms with Crippen molar-refractivity contribution < 1.29 is 23.9 Å². The molecule has 0 aliphatic carbocycles. The zero-order chi connectivity index (χ0) is 28.2. The number of anilines is 1. The average molecular weight is 542 g/mol. The van der Waals surface area contributed by atoms with E-state index in [1.807, 2.05) is 42.5 Å². The SMILES string of the molecule is CC(=O)c1cc2c(cc1N(C(=O)Cn1nnc3ccccc31)C(C(=O)NCCC(C)C)c1ccccc1)OCO2. The fraction of sp³-hybridized carbons (Fsp3) is 0.300. The first-order chi connectivity index (χ1) is 19.3. The van der Waals surface area contributed by atoms with E-state index in [0.717, 1.165) is 6.42 Å². The summed E-state index contributed by atoms with van der Waals surface area (Å²) in [6.45, 7) is 5.78. The first-order valence-electron chi connectivity index (χ1n) is 13.2. The molecular weight excluding hydrogens is 510 g/mol. The van der Waals surface area contributed by atoms with Gasteiger partial charge in [0.1, 0.15) is 18.1 Å². The van der Waals surface area contributed by atoms with Crippen LogP contribution in [0.15, 0.2) is 66.7 Å². The monoisotopic (exact) mass is 541 g/mol. The smallest absolute Gasteiger partial charge is 0.249 e.